The molecule has 0 aromatic heterocycles. The second-order valence-corrected chi connectivity index (χ2v) is 6.90. The van der Waals surface area contributed by atoms with Gasteiger partial charge in [0.1, 0.15) is 11.5 Å². The number of halogens is 1. The summed E-state index contributed by atoms with van der Waals surface area (Å²) in [5.41, 5.74) is 4.56. The van der Waals surface area contributed by atoms with Gasteiger partial charge in [-0.15, -0.1) is 0 Å². The smallest absolute Gasteiger partial charge is 0.310 e. The molecule has 0 bridgehead atoms. The Morgan fingerprint density at radius 2 is 1.62 bits per heavy atom. The van der Waals surface area contributed by atoms with Crippen LogP contribution < -0.4 is 4.74 Å². The van der Waals surface area contributed by atoms with E-state index >= 15 is 0 Å². The molecule has 0 aliphatic rings. The number of hydrogen-bond donors (Lipinski definition) is 0. The number of rotatable bonds is 9. The first-order valence-corrected chi connectivity index (χ1v) is 10.3. The van der Waals surface area contributed by atoms with Gasteiger partial charge < -0.3 is 9.47 Å². The van der Waals surface area contributed by atoms with Crippen molar-refractivity contribution in [2.24, 2.45) is 0 Å². The summed E-state index contributed by atoms with van der Waals surface area (Å²) >= 11 is 3.57. The molecular formula is C22H27BrO3. The Hall–Kier alpha value is -1.81. The molecule has 0 unspecified atom stereocenters. The van der Waals surface area contributed by atoms with E-state index in [2.05, 4.69) is 41.9 Å². The van der Waals surface area contributed by atoms with Crippen molar-refractivity contribution in [2.45, 2.75) is 51.3 Å². The first-order chi connectivity index (χ1) is 12.6. The van der Waals surface area contributed by atoms with Crippen molar-refractivity contribution in [3.05, 3.63) is 58.7 Å². The molecule has 0 saturated heterocycles. The summed E-state index contributed by atoms with van der Waals surface area (Å²) in [4.78, 5) is 11.7. The van der Waals surface area contributed by atoms with Crippen LogP contribution in [0, 0.1) is 0 Å². The van der Waals surface area contributed by atoms with Crippen molar-refractivity contribution in [3.63, 3.8) is 0 Å². The molecule has 0 saturated carbocycles. The van der Waals surface area contributed by atoms with Gasteiger partial charge in [0.15, 0.2) is 0 Å². The minimum atomic E-state index is -0.266. The number of carbonyl (C=O) groups excluding carboxylic acids is 1. The van der Waals surface area contributed by atoms with Gasteiger partial charge in [-0.2, -0.15) is 0 Å². The lowest BCUT2D eigenvalue weighted by Gasteiger charge is -2.19. The number of para-hydroxylation sites is 1. The van der Waals surface area contributed by atoms with Crippen LogP contribution in [0.4, 0.5) is 0 Å². The van der Waals surface area contributed by atoms with E-state index in [1.807, 2.05) is 24.3 Å². The van der Waals surface area contributed by atoms with Crippen LogP contribution in [0.2, 0.25) is 0 Å². The zero-order chi connectivity index (χ0) is 18.9. The number of alkyl halides is 1. The van der Waals surface area contributed by atoms with Gasteiger partial charge in [0, 0.05) is 10.9 Å². The highest BCUT2D eigenvalue weighted by Gasteiger charge is 2.15. The summed E-state index contributed by atoms with van der Waals surface area (Å²) in [5.74, 6) is 1.40. The molecule has 2 rings (SSSR count). The minimum Gasteiger partial charge on any atom is -0.469 e. The number of aryl methyl sites for hydroxylation is 2. The molecular weight excluding hydrogens is 392 g/mol. The number of esters is 1. The van der Waals surface area contributed by atoms with E-state index in [9.17, 15) is 4.79 Å². The fraction of sp³-hybridized carbons (Fsp3) is 0.409. The summed E-state index contributed by atoms with van der Waals surface area (Å²) in [5, 5.41) is 0.833. The third-order valence-corrected chi connectivity index (χ3v) is 4.89. The summed E-state index contributed by atoms with van der Waals surface area (Å²) < 4.78 is 11.2. The first kappa shape index (κ1) is 20.5. The van der Waals surface area contributed by atoms with Gasteiger partial charge >= 0.3 is 5.97 Å². The van der Waals surface area contributed by atoms with E-state index in [4.69, 9.17) is 9.47 Å². The molecule has 0 fully saturated rings. The summed E-state index contributed by atoms with van der Waals surface area (Å²) in [6.07, 6.45) is 4.24. The van der Waals surface area contributed by atoms with Crippen LogP contribution in [0.25, 0.3) is 0 Å². The van der Waals surface area contributed by atoms with E-state index in [0.29, 0.717) is 0 Å². The van der Waals surface area contributed by atoms with E-state index < -0.39 is 0 Å². The lowest BCUT2D eigenvalue weighted by atomic mass is 9.98. The maximum Gasteiger partial charge on any atom is 0.310 e. The Balaban J connectivity index is 2.46. The molecule has 140 valence electrons. The third-order valence-electron chi connectivity index (χ3n) is 4.24. The Kier molecular flexibility index (Phi) is 8.17. The number of ether oxygens (including phenoxy) is 2. The van der Waals surface area contributed by atoms with Gasteiger partial charge in [-0.05, 0) is 35.6 Å². The monoisotopic (exact) mass is 418 g/mol. The summed E-state index contributed by atoms with van der Waals surface area (Å²) in [7, 11) is 1.41. The van der Waals surface area contributed by atoms with Crippen LogP contribution in [-0.2, 0) is 34.1 Å². The molecule has 4 heteroatoms. The Bertz CT molecular complexity index is 713. The molecule has 0 aliphatic heterocycles. The molecule has 0 atom stereocenters. The van der Waals surface area contributed by atoms with E-state index in [1.54, 1.807) is 0 Å². The lowest BCUT2D eigenvalue weighted by molar-refractivity contribution is -0.139. The van der Waals surface area contributed by atoms with Crippen molar-refractivity contribution >= 4 is 21.9 Å². The Morgan fingerprint density at radius 1 is 1.00 bits per heavy atom. The highest BCUT2D eigenvalue weighted by atomic mass is 79.9. The fourth-order valence-corrected chi connectivity index (χ4v) is 3.36. The average molecular weight is 419 g/mol. The molecule has 0 aliphatic carbocycles. The van der Waals surface area contributed by atoms with Crippen LogP contribution in [0.3, 0.4) is 0 Å². The van der Waals surface area contributed by atoms with Gasteiger partial charge in [-0.3, -0.25) is 4.79 Å². The molecule has 0 heterocycles. The third kappa shape index (κ3) is 5.34. The second-order valence-electron chi connectivity index (χ2n) is 6.34. The topological polar surface area (TPSA) is 35.5 Å². The first-order valence-electron chi connectivity index (χ1n) is 9.16. The summed E-state index contributed by atoms with van der Waals surface area (Å²) in [6, 6.07) is 12.1. The predicted octanol–water partition coefficient (Wildman–Crippen LogP) is 5.99. The van der Waals surface area contributed by atoms with Crippen molar-refractivity contribution in [1.82, 2.24) is 0 Å². The number of methoxy groups -OCH3 is 1. The van der Waals surface area contributed by atoms with Gasteiger partial charge in [0.25, 0.3) is 0 Å². The fourth-order valence-electron chi connectivity index (χ4n) is 3.03. The lowest BCUT2D eigenvalue weighted by Crippen LogP contribution is -2.06. The maximum atomic E-state index is 11.7. The number of benzene rings is 2. The van der Waals surface area contributed by atoms with Crippen LogP contribution in [0.1, 0.15) is 48.9 Å². The van der Waals surface area contributed by atoms with Crippen LogP contribution >= 0.6 is 15.9 Å². The molecule has 2 aromatic carbocycles. The standard InChI is InChI=1S/C22H27BrO3/c1-4-8-18-12-16(15-23)13-19(9-5-2)22(18)26-20-11-7-6-10-17(20)14-21(24)25-3/h6-7,10-13H,4-5,8-9,14-15H2,1-3H3. The Labute approximate surface area is 164 Å². The maximum absolute atomic E-state index is 11.7. The highest BCUT2D eigenvalue weighted by molar-refractivity contribution is 9.08. The molecule has 2 aromatic rings. The number of hydrogen-bond acceptors (Lipinski definition) is 3. The minimum absolute atomic E-state index is 0.207. The SMILES string of the molecule is CCCc1cc(CBr)cc(CCC)c1Oc1ccccc1CC(=O)OC. The molecule has 3 nitrogen and oxygen atoms in total. The van der Waals surface area contributed by atoms with Gasteiger partial charge in [0.05, 0.1) is 13.5 Å². The van der Waals surface area contributed by atoms with E-state index in [1.165, 1.54) is 23.8 Å². The summed E-state index contributed by atoms with van der Waals surface area (Å²) in [6.45, 7) is 4.35. The largest absolute Gasteiger partial charge is 0.469 e. The molecule has 26 heavy (non-hydrogen) atoms. The zero-order valence-electron chi connectivity index (χ0n) is 15.8. The molecule has 0 spiro atoms. The quantitative estimate of drug-likeness (QED) is 0.370. The van der Waals surface area contributed by atoms with Crippen LogP contribution in [0.15, 0.2) is 36.4 Å². The van der Waals surface area contributed by atoms with Crippen LogP contribution in [-0.4, -0.2) is 13.1 Å². The van der Waals surface area contributed by atoms with Crippen molar-refractivity contribution in [1.29, 1.82) is 0 Å². The van der Waals surface area contributed by atoms with Crippen molar-refractivity contribution in [2.75, 3.05) is 7.11 Å². The van der Waals surface area contributed by atoms with Crippen molar-refractivity contribution < 1.29 is 14.3 Å². The zero-order valence-corrected chi connectivity index (χ0v) is 17.4. The van der Waals surface area contributed by atoms with Gasteiger partial charge in [-0.25, -0.2) is 0 Å². The molecule has 0 N–H and O–H groups in total. The molecule has 0 amide bonds. The van der Waals surface area contributed by atoms with E-state index in [-0.39, 0.29) is 12.4 Å². The van der Waals surface area contributed by atoms with Gasteiger partial charge in [-0.1, -0.05) is 73.0 Å². The van der Waals surface area contributed by atoms with Crippen molar-refractivity contribution in [3.8, 4) is 11.5 Å². The molecule has 0 radical (unpaired) electrons. The highest BCUT2D eigenvalue weighted by Crippen LogP contribution is 2.35. The van der Waals surface area contributed by atoms with Crippen LogP contribution in [0.5, 0.6) is 11.5 Å². The van der Waals surface area contributed by atoms with E-state index in [0.717, 1.165) is 48.1 Å². The normalized spacial score (nSPS) is 10.6. The Morgan fingerprint density at radius 3 is 2.15 bits per heavy atom. The van der Waals surface area contributed by atoms with Gasteiger partial charge in [0.2, 0.25) is 0 Å². The number of carbonyl (C=O) groups is 1. The average Bonchev–Trinajstić information content (AvgIpc) is 2.65. The predicted molar refractivity (Wildman–Crippen MR) is 109 cm³/mol. The second kappa shape index (κ2) is 10.4.